The quantitative estimate of drug-likeness (QED) is 0.920. The van der Waals surface area contributed by atoms with E-state index in [1.807, 2.05) is 12.1 Å². The van der Waals surface area contributed by atoms with Crippen molar-refractivity contribution in [2.45, 2.75) is 33.1 Å². The van der Waals surface area contributed by atoms with Crippen LogP contribution in [-0.4, -0.2) is 18.6 Å². The minimum atomic E-state index is -0.107. The average molecular weight is 258 g/mol. The molecule has 2 aromatic rings. The Balaban J connectivity index is 2.73. The molecule has 1 heterocycles. The van der Waals surface area contributed by atoms with Gasteiger partial charge in [0.05, 0.1) is 18.3 Å². The molecule has 2 rings (SSSR count). The van der Waals surface area contributed by atoms with Gasteiger partial charge in [-0.2, -0.15) is 0 Å². The molecule has 1 aromatic heterocycles. The second-order valence-corrected chi connectivity index (χ2v) is 5.76. The van der Waals surface area contributed by atoms with Crippen LogP contribution in [0.25, 0.3) is 10.9 Å². The fraction of sp³-hybridized carbons (Fsp3) is 0.438. The Morgan fingerprint density at radius 3 is 2.42 bits per heavy atom. The number of hydrogen-bond acceptors (Lipinski definition) is 3. The topological polar surface area (TPSA) is 48.1 Å². The normalized spacial score (nSPS) is 11.9. The molecule has 102 valence electrons. The van der Waals surface area contributed by atoms with E-state index in [0.29, 0.717) is 6.54 Å². The Labute approximate surface area is 114 Å². The molecule has 0 saturated heterocycles. The van der Waals surface area contributed by atoms with Crippen molar-refractivity contribution in [1.82, 2.24) is 4.98 Å². The molecule has 0 spiro atoms. The largest absolute Gasteiger partial charge is 0.497 e. The Morgan fingerprint density at radius 2 is 1.84 bits per heavy atom. The highest BCUT2D eigenvalue weighted by Gasteiger charge is 2.23. The van der Waals surface area contributed by atoms with E-state index in [2.05, 4.69) is 33.8 Å². The van der Waals surface area contributed by atoms with Gasteiger partial charge in [-0.1, -0.05) is 13.8 Å². The highest BCUT2D eigenvalue weighted by atomic mass is 16.5. The van der Waals surface area contributed by atoms with Gasteiger partial charge in [0, 0.05) is 17.3 Å². The van der Waals surface area contributed by atoms with E-state index in [-0.39, 0.29) is 5.41 Å². The van der Waals surface area contributed by atoms with Gasteiger partial charge in [0.2, 0.25) is 0 Å². The van der Waals surface area contributed by atoms with Gasteiger partial charge in [-0.25, -0.2) is 0 Å². The van der Waals surface area contributed by atoms with Crippen molar-refractivity contribution >= 4 is 10.9 Å². The minimum Gasteiger partial charge on any atom is -0.497 e. The van der Waals surface area contributed by atoms with Crippen molar-refractivity contribution in [3.63, 3.8) is 0 Å². The zero-order valence-electron chi connectivity index (χ0n) is 12.4. The van der Waals surface area contributed by atoms with Crippen LogP contribution in [-0.2, 0) is 5.41 Å². The molecule has 0 radical (unpaired) electrons. The third-order valence-electron chi connectivity index (χ3n) is 3.66. The highest BCUT2D eigenvalue weighted by molar-refractivity contribution is 5.84. The van der Waals surface area contributed by atoms with Gasteiger partial charge < -0.3 is 10.5 Å². The van der Waals surface area contributed by atoms with Gasteiger partial charge in [-0.05, 0) is 43.2 Å². The summed E-state index contributed by atoms with van der Waals surface area (Å²) in [6.07, 6.45) is 0. The lowest BCUT2D eigenvalue weighted by Crippen LogP contribution is -2.30. The van der Waals surface area contributed by atoms with Gasteiger partial charge in [0.1, 0.15) is 5.75 Å². The van der Waals surface area contributed by atoms with E-state index in [1.165, 1.54) is 5.56 Å². The summed E-state index contributed by atoms with van der Waals surface area (Å²) < 4.78 is 5.31. The van der Waals surface area contributed by atoms with Crippen LogP contribution < -0.4 is 10.5 Å². The number of methoxy groups -OCH3 is 1. The third-order valence-corrected chi connectivity index (χ3v) is 3.66. The van der Waals surface area contributed by atoms with E-state index in [0.717, 1.165) is 27.9 Å². The van der Waals surface area contributed by atoms with Gasteiger partial charge >= 0.3 is 0 Å². The van der Waals surface area contributed by atoms with Crippen molar-refractivity contribution in [3.05, 3.63) is 35.0 Å². The van der Waals surface area contributed by atoms with Gasteiger partial charge in [-0.3, -0.25) is 4.98 Å². The first-order valence-corrected chi connectivity index (χ1v) is 6.55. The average Bonchev–Trinajstić information content (AvgIpc) is 2.37. The number of rotatable bonds is 3. The smallest absolute Gasteiger partial charge is 0.119 e. The number of pyridine rings is 1. The summed E-state index contributed by atoms with van der Waals surface area (Å²) in [6.45, 7) is 9.00. The summed E-state index contributed by atoms with van der Waals surface area (Å²) in [6, 6.07) is 6.22. The predicted molar refractivity (Wildman–Crippen MR) is 79.8 cm³/mol. The van der Waals surface area contributed by atoms with E-state index >= 15 is 0 Å². The van der Waals surface area contributed by atoms with Crippen molar-refractivity contribution < 1.29 is 4.74 Å². The Bertz CT molecular complexity index is 618. The van der Waals surface area contributed by atoms with Crippen molar-refractivity contribution in [2.75, 3.05) is 13.7 Å². The molecule has 3 heteroatoms. The maximum Gasteiger partial charge on any atom is 0.119 e. The first-order chi connectivity index (χ1) is 8.89. The SMILES string of the molecule is COc1cc(C)c2nc(C(C)(C)CN)c(C)cc2c1. The molecule has 0 amide bonds. The molecule has 0 fully saturated rings. The first kappa shape index (κ1) is 13.8. The Hall–Kier alpha value is -1.61. The molecule has 0 saturated carbocycles. The summed E-state index contributed by atoms with van der Waals surface area (Å²) in [5.74, 6) is 0.872. The van der Waals surface area contributed by atoms with Crippen LogP contribution >= 0.6 is 0 Å². The lowest BCUT2D eigenvalue weighted by Gasteiger charge is -2.24. The zero-order valence-corrected chi connectivity index (χ0v) is 12.4. The van der Waals surface area contributed by atoms with Gasteiger partial charge in [0.15, 0.2) is 0 Å². The highest BCUT2D eigenvalue weighted by Crippen LogP contribution is 2.30. The maximum atomic E-state index is 5.87. The number of aromatic nitrogens is 1. The molecule has 0 aliphatic rings. The van der Waals surface area contributed by atoms with E-state index in [9.17, 15) is 0 Å². The summed E-state index contributed by atoms with van der Waals surface area (Å²) in [5.41, 5.74) is 10.2. The molecule has 0 unspecified atom stereocenters. The van der Waals surface area contributed by atoms with Crippen LogP contribution in [0.3, 0.4) is 0 Å². The van der Waals surface area contributed by atoms with Crippen molar-refractivity contribution in [3.8, 4) is 5.75 Å². The molecule has 0 bridgehead atoms. The van der Waals surface area contributed by atoms with Crippen LogP contribution in [0, 0.1) is 13.8 Å². The fourth-order valence-electron chi connectivity index (χ4n) is 2.44. The molecule has 2 N–H and O–H groups in total. The second-order valence-electron chi connectivity index (χ2n) is 5.76. The van der Waals surface area contributed by atoms with Gasteiger partial charge in [0.25, 0.3) is 0 Å². The Morgan fingerprint density at radius 1 is 1.16 bits per heavy atom. The van der Waals surface area contributed by atoms with E-state index in [1.54, 1.807) is 7.11 Å². The Kier molecular flexibility index (Phi) is 3.50. The molecule has 0 aliphatic carbocycles. The van der Waals surface area contributed by atoms with Crippen LogP contribution in [0.5, 0.6) is 5.75 Å². The molecule has 19 heavy (non-hydrogen) atoms. The number of aryl methyl sites for hydroxylation is 2. The lowest BCUT2D eigenvalue weighted by atomic mass is 9.86. The molecule has 3 nitrogen and oxygen atoms in total. The fourth-order valence-corrected chi connectivity index (χ4v) is 2.44. The van der Waals surface area contributed by atoms with E-state index < -0.39 is 0 Å². The molecular formula is C16H22N2O. The third kappa shape index (κ3) is 2.43. The van der Waals surface area contributed by atoms with Crippen LogP contribution in [0.2, 0.25) is 0 Å². The standard InChI is InChI=1S/C16H22N2O/c1-10-7-13(19-5)8-12-6-11(2)15(18-14(10)12)16(3,4)9-17/h6-8H,9,17H2,1-5H3. The van der Waals surface area contributed by atoms with Crippen LogP contribution in [0.4, 0.5) is 0 Å². The molecule has 0 atom stereocenters. The monoisotopic (exact) mass is 258 g/mol. The number of hydrogen-bond donors (Lipinski definition) is 1. The van der Waals surface area contributed by atoms with E-state index in [4.69, 9.17) is 15.5 Å². The van der Waals surface area contributed by atoms with Crippen LogP contribution in [0.1, 0.15) is 30.7 Å². The molecular weight excluding hydrogens is 236 g/mol. The molecule has 1 aromatic carbocycles. The number of nitrogens with two attached hydrogens (primary N) is 1. The molecule has 0 aliphatic heterocycles. The number of ether oxygens (including phenoxy) is 1. The van der Waals surface area contributed by atoms with Gasteiger partial charge in [-0.15, -0.1) is 0 Å². The van der Waals surface area contributed by atoms with Crippen LogP contribution in [0.15, 0.2) is 18.2 Å². The summed E-state index contributed by atoms with van der Waals surface area (Å²) in [4.78, 5) is 4.86. The lowest BCUT2D eigenvalue weighted by molar-refractivity contribution is 0.415. The number of nitrogens with zero attached hydrogens (tertiary/aromatic N) is 1. The summed E-state index contributed by atoms with van der Waals surface area (Å²) in [7, 11) is 1.69. The maximum absolute atomic E-state index is 5.87. The zero-order chi connectivity index (χ0) is 14.2. The number of benzene rings is 1. The van der Waals surface area contributed by atoms with Crippen molar-refractivity contribution in [1.29, 1.82) is 0 Å². The van der Waals surface area contributed by atoms with Crippen molar-refractivity contribution in [2.24, 2.45) is 5.73 Å². The number of fused-ring (bicyclic) bond motifs is 1. The first-order valence-electron chi connectivity index (χ1n) is 6.55. The minimum absolute atomic E-state index is 0.107. The summed E-state index contributed by atoms with van der Waals surface area (Å²) in [5, 5.41) is 1.12. The second kappa shape index (κ2) is 4.82. The summed E-state index contributed by atoms with van der Waals surface area (Å²) >= 11 is 0. The predicted octanol–water partition coefficient (Wildman–Crippen LogP) is 3.10.